The zero-order valence-electron chi connectivity index (χ0n) is 8.68. The van der Waals surface area contributed by atoms with Crippen molar-refractivity contribution in [2.75, 3.05) is 13.1 Å². The Balaban J connectivity index is 2.65. The van der Waals surface area contributed by atoms with E-state index in [-0.39, 0.29) is 11.3 Å². The Labute approximate surface area is 80.3 Å². The first-order valence-electron chi connectivity index (χ1n) is 4.81. The average Bonchev–Trinajstić information content (AvgIpc) is 2.53. The highest BCUT2D eigenvalue weighted by Crippen LogP contribution is 2.19. The number of ketones is 1. The molecule has 1 heterocycles. The molecule has 0 radical (unpaired) electrons. The number of carbonyl (C=O) groups is 1. The number of hydrogen-bond donors (Lipinski definition) is 0. The first-order chi connectivity index (χ1) is 6.02. The summed E-state index contributed by atoms with van der Waals surface area (Å²) in [6, 6.07) is 0. The van der Waals surface area contributed by atoms with Crippen LogP contribution < -0.4 is 0 Å². The topological polar surface area (TPSA) is 20.3 Å². The van der Waals surface area contributed by atoms with Crippen molar-refractivity contribution in [1.82, 2.24) is 4.90 Å². The maximum atomic E-state index is 10.7. The summed E-state index contributed by atoms with van der Waals surface area (Å²) in [5.74, 6) is 5.61. The van der Waals surface area contributed by atoms with E-state index in [0.29, 0.717) is 0 Å². The molecular formula is C11H17NO. The van der Waals surface area contributed by atoms with Gasteiger partial charge in [0, 0.05) is 6.92 Å². The van der Waals surface area contributed by atoms with Crippen molar-refractivity contribution < 1.29 is 4.79 Å². The molecule has 0 saturated carbocycles. The third kappa shape index (κ3) is 2.86. The number of nitrogens with zero attached hydrogens (tertiary/aromatic N) is 1. The summed E-state index contributed by atoms with van der Waals surface area (Å²) in [6.45, 7) is 7.88. The van der Waals surface area contributed by atoms with Gasteiger partial charge in [0.1, 0.15) is 0 Å². The van der Waals surface area contributed by atoms with Gasteiger partial charge in [-0.25, -0.2) is 0 Å². The average molecular weight is 179 g/mol. The molecule has 2 nitrogen and oxygen atoms in total. The Morgan fingerprint density at radius 1 is 1.31 bits per heavy atom. The van der Waals surface area contributed by atoms with E-state index in [4.69, 9.17) is 0 Å². The van der Waals surface area contributed by atoms with Gasteiger partial charge in [0.2, 0.25) is 5.78 Å². The molecule has 0 spiro atoms. The van der Waals surface area contributed by atoms with Crippen LogP contribution in [0.25, 0.3) is 0 Å². The van der Waals surface area contributed by atoms with Crippen LogP contribution in [0.3, 0.4) is 0 Å². The molecule has 1 aliphatic heterocycles. The molecule has 0 aromatic heterocycles. The molecule has 72 valence electrons. The van der Waals surface area contributed by atoms with Crippen LogP contribution in [0.1, 0.15) is 33.6 Å². The smallest absolute Gasteiger partial charge is 0.202 e. The number of carbonyl (C=O) groups excluding carboxylic acids is 1. The van der Waals surface area contributed by atoms with Crippen LogP contribution in [-0.2, 0) is 4.79 Å². The minimum absolute atomic E-state index is 0.0488. The van der Waals surface area contributed by atoms with E-state index in [1.54, 1.807) is 0 Å². The zero-order chi connectivity index (χ0) is 9.90. The lowest BCUT2D eigenvalue weighted by Gasteiger charge is -2.30. The molecule has 13 heavy (non-hydrogen) atoms. The maximum Gasteiger partial charge on any atom is 0.202 e. The molecule has 0 bridgehead atoms. The standard InChI is InChI=1S/C11H17NO/c1-10(13)6-7-11(2,3)12-8-4-5-9-12/h4-5,8-9H2,1-3H3. The van der Waals surface area contributed by atoms with Crippen molar-refractivity contribution in [3.05, 3.63) is 0 Å². The SMILES string of the molecule is CC(=O)C#CC(C)(C)N1CCCC1. The van der Waals surface area contributed by atoms with Crippen molar-refractivity contribution >= 4 is 5.78 Å². The van der Waals surface area contributed by atoms with E-state index in [2.05, 4.69) is 30.6 Å². The highest BCUT2D eigenvalue weighted by Gasteiger charge is 2.26. The molecule has 0 aliphatic carbocycles. The van der Waals surface area contributed by atoms with Gasteiger partial charge in [-0.15, -0.1) is 0 Å². The summed E-state index contributed by atoms with van der Waals surface area (Å²) in [4.78, 5) is 13.0. The molecule has 0 N–H and O–H groups in total. The Kier molecular flexibility index (Phi) is 3.11. The van der Waals surface area contributed by atoms with Gasteiger partial charge >= 0.3 is 0 Å². The van der Waals surface area contributed by atoms with Gasteiger partial charge in [-0.1, -0.05) is 5.92 Å². The number of rotatable bonds is 1. The molecule has 1 aliphatic rings. The normalized spacial score (nSPS) is 18.1. The molecule has 0 aromatic carbocycles. The maximum absolute atomic E-state index is 10.7. The zero-order valence-corrected chi connectivity index (χ0v) is 8.68. The molecule has 1 fully saturated rings. The van der Waals surface area contributed by atoms with Gasteiger partial charge in [-0.05, 0) is 45.7 Å². The van der Waals surface area contributed by atoms with Crippen LogP contribution in [-0.4, -0.2) is 29.3 Å². The van der Waals surface area contributed by atoms with Crippen molar-refractivity contribution in [2.24, 2.45) is 0 Å². The quantitative estimate of drug-likeness (QED) is 0.448. The highest BCUT2D eigenvalue weighted by molar-refractivity contribution is 5.93. The summed E-state index contributed by atoms with van der Waals surface area (Å²) < 4.78 is 0. The van der Waals surface area contributed by atoms with Crippen LogP contribution in [0.15, 0.2) is 0 Å². The summed E-state index contributed by atoms with van der Waals surface area (Å²) in [6.07, 6.45) is 2.51. The predicted molar refractivity (Wildman–Crippen MR) is 53.3 cm³/mol. The van der Waals surface area contributed by atoms with Gasteiger partial charge < -0.3 is 0 Å². The van der Waals surface area contributed by atoms with Crippen LogP contribution in [0.2, 0.25) is 0 Å². The van der Waals surface area contributed by atoms with Crippen LogP contribution >= 0.6 is 0 Å². The fourth-order valence-electron chi connectivity index (χ4n) is 1.60. The molecule has 1 rings (SSSR count). The number of hydrogen-bond acceptors (Lipinski definition) is 2. The molecular weight excluding hydrogens is 162 g/mol. The molecule has 0 atom stereocenters. The lowest BCUT2D eigenvalue weighted by molar-refractivity contribution is -0.111. The Morgan fingerprint density at radius 3 is 2.31 bits per heavy atom. The Hall–Kier alpha value is -0.810. The monoisotopic (exact) mass is 179 g/mol. The minimum atomic E-state index is -0.137. The second-order valence-corrected chi connectivity index (χ2v) is 4.06. The summed E-state index contributed by atoms with van der Waals surface area (Å²) in [5.41, 5.74) is -0.137. The Bertz CT molecular complexity index is 251. The van der Waals surface area contributed by atoms with Gasteiger partial charge in [0.05, 0.1) is 5.54 Å². The summed E-state index contributed by atoms with van der Waals surface area (Å²) >= 11 is 0. The van der Waals surface area contributed by atoms with Crippen LogP contribution in [0.5, 0.6) is 0 Å². The molecule has 1 saturated heterocycles. The molecule has 0 unspecified atom stereocenters. The van der Waals surface area contributed by atoms with Gasteiger partial charge in [-0.3, -0.25) is 9.69 Å². The first-order valence-corrected chi connectivity index (χ1v) is 4.81. The van der Waals surface area contributed by atoms with Crippen LogP contribution in [0.4, 0.5) is 0 Å². The van der Waals surface area contributed by atoms with Gasteiger partial charge in [-0.2, -0.15) is 0 Å². The van der Waals surface area contributed by atoms with E-state index in [1.807, 2.05) is 0 Å². The largest absolute Gasteiger partial charge is 0.288 e. The summed E-state index contributed by atoms with van der Waals surface area (Å²) in [7, 11) is 0. The van der Waals surface area contributed by atoms with Crippen molar-refractivity contribution in [2.45, 2.75) is 39.2 Å². The minimum Gasteiger partial charge on any atom is -0.288 e. The third-order valence-corrected chi connectivity index (χ3v) is 2.44. The fraction of sp³-hybridized carbons (Fsp3) is 0.727. The fourth-order valence-corrected chi connectivity index (χ4v) is 1.60. The summed E-state index contributed by atoms with van der Waals surface area (Å²) in [5, 5.41) is 0. The lowest BCUT2D eigenvalue weighted by Crippen LogP contribution is -2.40. The molecule has 0 amide bonds. The first kappa shape index (κ1) is 10.3. The van der Waals surface area contributed by atoms with Crippen molar-refractivity contribution in [3.63, 3.8) is 0 Å². The van der Waals surface area contributed by atoms with Gasteiger partial charge in [0.15, 0.2) is 0 Å². The second-order valence-electron chi connectivity index (χ2n) is 4.06. The van der Waals surface area contributed by atoms with E-state index in [9.17, 15) is 4.79 Å². The molecule has 0 aromatic rings. The van der Waals surface area contributed by atoms with E-state index < -0.39 is 0 Å². The third-order valence-electron chi connectivity index (χ3n) is 2.44. The van der Waals surface area contributed by atoms with Gasteiger partial charge in [0.25, 0.3) is 0 Å². The highest BCUT2D eigenvalue weighted by atomic mass is 16.1. The molecule has 2 heteroatoms. The van der Waals surface area contributed by atoms with Crippen LogP contribution in [0, 0.1) is 11.8 Å². The number of Topliss-reactive ketones (excluding diaryl/α,β-unsaturated/α-hetero) is 1. The van der Waals surface area contributed by atoms with E-state index >= 15 is 0 Å². The predicted octanol–water partition coefficient (Wildman–Crippen LogP) is 1.45. The van der Waals surface area contributed by atoms with Crippen molar-refractivity contribution in [1.29, 1.82) is 0 Å². The van der Waals surface area contributed by atoms with E-state index in [0.717, 1.165) is 13.1 Å². The van der Waals surface area contributed by atoms with Crippen molar-refractivity contribution in [3.8, 4) is 11.8 Å². The Morgan fingerprint density at radius 2 is 1.85 bits per heavy atom. The second kappa shape index (κ2) is 3.93. The lowest BCUT2D eigenvalue weighted by atomic mass is 10.0. The van der Waals surface area contributed by atoms with E-state index in [1.165, 1.54) is 19.8 Å². The number of likely N-dealkylation sites (tertiary alicyclic amines) is 1.